The first kappa shape index (κ1) is 10.5. The number of H-pyrrole nitrogens is 1. The summed E-state index contributed by atoms with van der Waals surface area (Å²) < 4.78 is 12.8. The molecule has 0 unspecified atom stereocenters. The Labute approximate surface area is 92.0 Å². The van der Waals surface area contributed by atoms with Gasteiger partial charge in [-0.15, -0.1) is 0 Å². The van der Waals surface area contributed by atoms with Gasteiger partial charge in [-0.3, -0.25) is 4.79 Å². The van der Waals surface area contributed by atoms with Crippen LogP contribution in [0.3, 0.4) is 0 Å². The summed E-state index contributed by atoms with van der Waals surface area (Å²) in [5.41, 5.74) is 1.85. The molecule has 0 aliphatic rings. The smallest absolute Gasteiger partial charge is 0.254 e. The average molecular weight is 218 g/mol. The Morgan fingerprint density at radius 2 is 2.00 bits per heavy atom. The molecule has 2 rings (SSSR count). The first-order valence-electron chi connectivity index (χ1n) is 5.05. The Morgan fingerprint density at radius 3 is 2.62 bits per heavy atom. The lowest BCUT2D eigenvalue weighted by molar-refractivity contribution is 0.628. The summed E-state index contributed by atoms with van der Waals surface area (Å²) in [4.78, 5) is 18.2. The highest BCUT2D eigenvalue weighted by molar-refractivity contribution is 5.62. The highest BCUT2D eigenvalue weighted by atomic mass is 19.1. The molecular formula is C12H11FN2O. The van der Waals surface area contributed by atoms with Gasteiger partial charge in [0.05, 0.1) is 12.0 Å². The minimum absolute atomic E-state index is 0.142. The van der Waals surface area contributed by atoms with Gasteiger partial charge in [-0.05, 0) is 30.7 Å². The third kappa shape index (κ3) is 1.86. The van der Waals surface area contributed by atoms with Crippen LogP contribution in [-0.2, 0) is 6.42 Å². The summed E-state index contributed by atoms with van der Waals surface area (Å²) in [6, 6.07) is 5.96. The van der Waals surface area contributed by atoms with E-state index in [0.717, 1.165) is 5.56 Å². The van der Waals surface area contributed by atoms with E-state index in [4.69, 9.17) is 0 Å². The number of nitrogens with zero attached hydrogens (tertiary/aromatic N) is 1. The van der Waals surface area contributed by atoms with Crippen LogP contribution in [0.5, 0.6) is 0 Å². The van der Waals surface area contributed by atoms with Crippen LogP contribution in [0.15, 0.2) is 35.4 Å². The molecule has 0 atom stereocenters. The molecule has 0 spiro atoms. The average Bonchev–Trinajstić information content (AvgIpc) is 2.30. The molecule has 0 aliphatic heterocycles. The van der Waals surface area contributed by atoms with Gasteiger partial charge in [0.2, 0.25) is 0 Å². The topological polar surface area (TPSA) is 45.8 Å². The number of rotatable bonds is 2. The number of hydrogen-bond donors (Lipinski definition) is 1. The summed E-state index contributed by atoms with van der Waals surface area (Å²) in [7, 11) is 0. The number of hydrogen-bond acceptors (Lipinski definition) is 2. The van der Waals surface area contributed by atoms with Gasteiger partial charge < -0.3 is 4.98 Å². The van der Waals surface area contributed by atoms with Gasteiger partial charge in [0.25, 0.3) is 5.56 Å². The first-order chi connectivity index (χ1) is 7.72. The van der Waals surface area contributed by atoms with Crippen molar-refractivity contribution in [1.29, 1.82) is 0 Å². The highest BCUT2D eigenvalue weighted by Gasteiger charge is 2.08. The maximum absolute atomic E-state index is 12.8. The van der Waals surface area contributed by atoms with Crippen molar-refractivity contribution in [3.8, 4) is 11.3 Å². The number of aromatic nitrogens is 2. The second kappa shape index (κ2) is 4.26. The molecule has 1 heterocycles. The maximum atomic E-state index is 12.8. The van der Waals surface area contributed by atoms with Crippen LogP contribution in [0.1, 0.15) is 12.5 Å². The van der Waals surface area contributed by atoms with Crippen molar-refractivity contribution in [3.05, 3.63) is 52.3 Å². The van der Waals surface area contributed by atoms with Crippen molar-refractivity contribution in [2.24, 2.45) is 0 Å². The molecule has 0 amide bonds. The first-order valence-corrected chi connectivity index (χ1v) is 5.05. The van der Waals surface area contributed by atoms with Crippen molar-refractivity contribution in [1.82, 2.24) is 9.97 Å². The van der Waals surface area contributed by atoms with Crippen LogP contribution in [0.4, 0.5) is 4.39 Å². The van der Waals surface area contributed by atoms with E-state index in [1.165, 1.54) is 18.5 Å². The summed E-state index contributed by atoms with van der Waals surface area (Å²) >= 11 is 0. The fraction of sp³-hybridized carbons (Fsp3) is 0.167. The molecular weight excluding hydrogens is 207 g/mol. The Balaban J connectivity index is 2.60. The predicted molar refractivity (Wildman–Crippen MR) is 59.6 cm³/mol. The Morgan fingerprint density at radius 1 is 1.31 bits per heavy atom. The predicted octanol–water partition coefficient (Wildman–Crippen LogP) is 2.14. The zero-order chi connectivity index (χ0) is 11.5. The van der Waals surface area contributed by atoms with Crippen LogP contribution in [-0.4, -0.2) is 9.97 Å². The van der Waals surface area contributed by atoms with Crippen molar-refractivity contribution < 1.29 is 4.39 Å². The van der Waals surface area contributed by atoms with Gasteiger partial charge in [-0.1, -0.05) is 6.92 Å². The number of benzene rings is 1. The number of halogens is 1. The molecule has 16 heavy (non-hydrogen) atoms. The Bertz CT molecular complexity index is 546. The van der Waals surface area contributed by atoms with Crippen molar-refractivity contribution in [2.75, 3.05) is 0 Å². The molecule has 3 nitrogen and oxygen atoms in total. The normalized spacial score (nSPS) is 10.4. The lowest BCUT2D eigenvalue weighted by atomic mass is 10.1. The van der Waals surface area contributed by atoms with Gasteiger partial charge in [-0.2, -0.15) is 0 Å². The molecule has 1 aromatic heterocycles. The van der Waals surface area contributed by atoms with Crippen molar-refractivity contribution >= 4 is 0 Å². The molecule has 1 aromatic carbocycles. The standard InChI is InChI=1S/C12H11FN2O/c1-2-10-11(14-7-15-12(10)16)8-3-5-9(13)6-4-8/h3-7H,2H2,1H3,(H,14,15,16). The van der Waals surface area contributed by atoms with Gasteiger partial charge >= 0.3 is 0 Å². The highest BCUT2D eigenvalue weighted by Crippen LogP contribution is 2.19. The van der Waals surface area contributed by atoms with E-state index in [1.54, 1.807) is 12.1 Å². The molecule has 2 aromatic rings. The van der Waals surface area contributed by atoms with Crippen LogP contribution in [0.25, 0.3) is 11.3 Å². The molecule has 0 saturated heterocycles. The molecule has 82 valence electrons. The number of aromatic amines is 1. The molecule has 1 N–H and O–H groups in total. The Hall–Kier alpha value is -1.97. The minimum atomic E-state index is -0.299. The minimum Gasteiger partial charge on any atom is -0.313 e. The largest absolute Gasteiger partial charge is 0.313 e. The van der Waals surface area contributed by atoms with E-state index in [-0.39, 0.29) is 11.4 Å². The third-order valence-electron chi connectivity index (χ3n) is 2.42. The van der Waals surface area contributed by atoms with Gasteiger partial charge in [-0.25, -0.2) is 9.37 Å². The van der Waals surface area contributed by atoms with Crippen LogP contribution in [0, 0.1) is 5.82 Å². The molecule has 4 heteroatoms. The lowest BCUT2D eigenvalue weighted by Crippen LogP contribution is -2.14. The van der Waals surface area contributed by atoms with Crippen LogP contribution < -0.4 is 5.56 Å². The molecule has 0 radical (unpaired) electrons. The molecule has 0 fully saturated rings. The van der Waals surface area contributed by atoms with E-state index in [0.29, 0.717) is 17.7 Å². The molecule has 0 saturated carbocycles. The van der Waals surface area contributed by atoms with Crippen molar-refractivity contribution in [3.63, 3.8) is 0 Å². The maximum Gasteiger partial charge on any atom is 0.254 e. The SMILES string of the molecule is CCc1c(-c2ccc(F)cc2)nc[nH]c1=O. The van der Waals surface area contributed by atoms with Gasteiger partial charge in [0.15, 0.2) is 0 Å². The van der Waals surface area contributed by atoms with E-state index in [9.17, 15) is 9.18 Å². The van der Waals surface area contributed by atoms with E-state index in [2.05, 4.69) is 9.97 Å². The summed E-state index contributed by atoms with van der Waals surface area (Å²) in [5, 5.41) is 0. The van der Waals surface area contributed by atoms with Crippen molar-refractivity contribution in [2.45, 2.75) is 13.3 Å². The fourth-order valence-corrected chi connectivity index (χ4v) is 1.61. The lowest BCUT2D eigenvalue weighted by Gasteiger charge is -2.04. The van der Waals surface area contributed by atoms with E-state index >= 15 is 0 Å². The van der Waals surface area contributed by atoms with Crippen LogP contribution in [0.2, 0.25) is 0 Å². The second-order valence-electron chi connectivity index (χ2n) is 3.42. The summed E-state index contributed by atoms with van der Waals surface area (Å²) in [6.07, 6.45) is 1.95. The monoisotopic (exact) mass is 218 g/mol. The zero-order valence-corrected chi connectivity index (χ0v) is 8.83. The molecule has 0 aliphatic carbocycles. The second-order valence-corrected chi connectivity index (χ2v) is 3.42. The van der Waals surface area contributed by atoms with Crippen LogP contribution >= 0.6 is 0 Å². The quantitative estimate of drug-likeness (QED) is 0.839. The zero-order valence-electron chi connectivity index (χ0n) is 8.83. The number of nitrogens with one attached hydrogen (secondary N) is 1. The molecule has 0 bridgehead atoms. The Kier molecular flexibility index (Phi) is 2.81. The summed E-state index contributed by atoms with van der Waals surface area (Å²) in [5.74, 6) is -0.299. The fourth-order valence-electron chi connectivity index (χ4n) is 1.61. The van der Waals surface area contributed by atoms with E-state index in [1.807, 2.05) is 6.92 Å². The van der Waals surface area contributed by atoms with E-state index < -0.39 is 0 Å². The summed E-state index contributed by atoms with van der Waals surface area (Å²) in [6.45, 7) is 1.89. The third-order valence-corrected chi connectivity index (χ3v) is 2.42. The van der Waals surface area contributed by atoms with Gasteiger partial charge in [0, 0.05) is 11.1 Å². The van der Waals surface area contributed by atoms with Gasteiger partial charge in [0.1, 0.15) is 5.82 Å².